The minimum atomic E-state index is -2.48. The number of hydrogen-bond acceptors (Lipinski definition) is 7. The lowest BCUT2D eigenvalue weighted by atomic mass is 9.87. The number of aldehydes is 1. The Labute approximate surface area is 176 Å². The first-order valence-corrected chi connectivity index (χ1v) is 11.0. The number of hydrazone groups is 1. The van der Waals surface area contributed by atoms with Crippen molar-refractivity contribution in [2.45, 2.75) is 38.1 Å². The number of nitrogens with zero attached hydrogens (tertiary/aromatic N) is 3. The van der Waals surface area contributed by atoms with Crippen LogP contribution in [0.2, 0.25) is 0 Å². The summed E-state index contributed by atoms with van der Waals surface area (Å²) in [7, 11) is -2.48. The summed E-state index contributed by atoms with van der Waals surface area (Å²) in [6.45, 7) is 2.40. The second-order valence-corrected chi connectivity index (χ2v) is 8.22. The number of rotatable bonds is 8. The summed E-state index contributed by atoms with van der Waals surface area (Å²) in [5.41, 5.74) is 3.30. The molecule has 1 aliphatic heterocycles. The maximum Gasteiger partial charge on any atom is 0.269 e. The number of carbonyl (C=O) groups excluding carboxylic acids is 1. The summed E-state index contributed by atoms with van der Waals surface area (Å²) in [6, 6.07) is 13.1. The van der Waals surface area contributed by atoms with Gasteiger partial charge in [0.15, 0.2) is 0 Å². The van der Waals surface area contributed by atoms with Crippen LogP contribution in [0, 0.1) is 16.0 Å². The van der Waals surface area contributed by atoms with E-state index in [2.05, 4.69) is 0 Å². The number of carbonyl (C=O) groups is 1. The van der Waals surface area contributed by atoms with E-state index >= 15 is 0 Å². The summed E-state index contributed by atoms with van der Waals surface area (Å²) in [5.74, 6) is 0.106. The maximum atomic E-state index is 11.7. The van der Waals surface area contributed by atoms with E-state index in [9.17, 15) is 23.3 Å². The molecule has 1 aliphatic rings. The van der Waals surface area contributed by atoms with Crippen LogP contribution in [0.25, 0.3) is 0 Å². The van der Waals surface area contributed by atoms with Crippen LogP contribution in [0.3, 0.4) is 0 Å². The fourth-order valence-electron chi connectivity index (χ4n) is 3.59. The van der Waals surface area contributed by atoms with E-state index in [0.717, 1.165) is 29.5 Å². The highest BCUT2D eigenvalue weighted by molar-refractivity contribution is 7.71. The molecule has 0 aliphatic carbocycles. The Morgan fingerprint density at radius 2 is 1.77 bits per heavy atom. The molecule has 0 amide bonds. The van der Waals surface area contributed by atoms with Gasteiger partial charge in [0, 0.05) is 18.1 Å². The van der Waals surface area contributed by atoms with Gasteiger partial charge in [0.2, 0.25) is 0 Å². The third-order valence-corrected chi connectivity index (χ3v) is 5.86. The first kappa shape index (κ1) is 21.6. The molecule has 1 heterocycles. The van der Waals surface area contributed by atoms with Crippen molar-refractivity contribution in [2.75, 3.05) is 0 Å². The SMILES string of the molecule is CCC1CC(C=O)N(Cc2ccc([N+](=O)[O-])cc2)N=C1c1ccc(C[SH](=O)=O)cc1. The van der Waals surface area contributed by atoms with E-state index in [1.54, 1.807) is 29.3 Å². The van der Waals surface area contributed by atoms with E-state index < -0.39 is 15.6 Å². The Balaban J connectivity index is 1.89. The molecule has 0 saturated carbocycles. The van der Waals surface area contributed by atoms with Crippen molar-refractivity contribution < 1.29 is 18.1 Å². The van der Waals surface area contributed by atoms with Crippen molar-refractivity contribution >= 4 is 28.4 Å². The second-order valence-electron chi connectivity index (χ2n) is 7.24. The van der Waals surface area contributed by atoms with Crippen LogP contribution in [0.4, 0.5) is 5.69 Å². The minimum absolute atomic E-state index is 0.00121. The minimum Gasteiger partial charge on any atom is -0.301 e. The van der Waals surface area contributed by atoms with Gasteiger partial charge in [-0.15, -0.1) is 0 Å². The second kappa shape index (κ2) is 9.62. The van der Waals surface area contributed by atoms with Gasteiger partial charge in [0.25, 0.3) is 5.69 Å². The third kappa shape index (κ3) is 5.10. The lowest BCUT2D eigenvalue weighted by Gasteiger charge is -2.35. The van der Waals surface area contributed by atoms with Gasteiger partial charge < -0.3 is 4.79 Å². The average molecular weight is 429 g/mol. The Morgan fingerprint density at radius 3 is 2.30 bits per heavy atom. The predicted molar refractivity (Wildman–Crippen MR) is 114 cm³/mol. The summed E-state index contributed by atoms with van der Waals surface area (Å²) < 4.78 is 21.9. The molecule has 3 rings (SSSR count). The van der Waals surface area contributed by atoms with Gasteiger partial charge in [-0.2, -0.15) is 5.10 Å². The van der Waals surface area contributed by atoms with Gasteiger partial charge in [-0.25, -0.2) is 8.42 Å². The average Bonchev–Trinajstić information content (AvgIpc) is 2.74. The van der Waals surface area contributed by atoms with Crippen molar-refractivity contribution in [3.8, 4) is 0 Å². The van der Waals surface area contributed by atoms with Gasteiger partial charge >= 0.3 is 0 Å². The topological polar surface area (TPSA) is 110 Å². The molecule has 0 radical (unpaired) electrons. The van der Waals surface area contributed by atoms with Crippen LogP contribution in [-0.2, 0) is 27.8 Å². The highest BCUT2D eigenvalue weighted by Gasteiger charge is 2.30. The number of non-ortho nitro benzene ring substituents is 1. The quantitative estimate of drug-likeness (QED) is 0.299. The highest BCUT2D eigenvalue weighted by atomic mass is 32.2. The molecule has 8 nitrogen and oxygen atoms in total. The van der Waals surface area contributed by atoms with Crippen molar-refractivity contribution in [3.63, 3.8) is 0 Å². The molecule has 158 valence electrons. The van der Waals surface area contributed by atoms with E-state index in [4.69, 9.17) is 5.10 Å². The Hall–Kier alpha value is -3.07. The zero-order valence-corrected chi connectivity index (χ0v) is 17.4. The van der Waals surface area contributed by atoms with E-state index in [-0.39, 0.29) is 23.4 Å². The zero-order chi connectivity index (χ0) is 21.7. The number of thiol groups is 1. The number of hydrogen-bond donors (Lipinski definition) is 1. The van der Waals surface area contributed by atoms with Gasteiger partial charge in [-0.1, -0.05) is 43.3 Å². The van der Waals surface area contributed by atoms with Gasteiger partial charge in [0.05, 0.1) is 22.9 Å². The summed E-state index contributed by atoms with van der Waals surface area (Å²) in [6.07, 6.45) is 2.34. The largest absolute Gasteiger partial charge is 0.301 e. The summed E-state index contributed by atoms with van der Waals surface area (Å²) in [4.78, 5) is 22.1. The van der Waals surface area contributed by atoms with E-state index in [1.807, 2.05) is 19.1 Å². The third-order valence-electron chi connectivity index (χ3n) is 5.23. The van der Waals surface area contributed by atoms with Crippen LogP contribution < -0.4 is 0 Å². The molecule has 30 heavy (non-hydrogen) atoms. The molecule has 0 spiro atoms. The van der Waals surface area contributed by atoms with Gasteiger partial charge in [0.1, 0.15) is 23.0 Å². The van der Waals surface area contributed by atoms with Crippen LogP contribution in [0.1, 0.15) is 36.5 Å². The fraction of sp³-hybridized carbons (Fsp3) is 0.333. The molecule has 2 aromatic carbocycles. The highest BCUT2D eigenvalue weighted by Crippen LogP contribution is 2.28. The standard InChI is InChI=1S/C21H23N3O5S/c1-2-17-11-20(13-25)23(12-15-5-9-19(10-6-15)24(26)27)22-21(17)18-7-3-16(4-8-18)14-30(28)29/h3-10,13,17,20,30H,2,11-12,14H2,1H3. The first-order chi connectivity index (χ1) is 14.4. The molecule has 9 heteroatoms. The maximum absolute atomic E-state index is 11.7. The molecule has 0 N–H and O–H groups in total. The number of nitro groups is 1. The first-order valence-electron chi connectivity index (χ1n) is 9.66. The molecule has 2 atom stereocenters. The number of nitro benzene ring substituents is 1. The number of benzene rings is 2. The molecule has 2 aromatic rings. The molecular weight excluding hydrogens is 406 g/mol. The van der Waals surface area contributed by atoms with Crippen LogP contribution in [-0.4, -0.2) is 36.4 Å². The molecule has 0 saturated heterocycles. The van der Waals surface area contributed by atoms with Crippen LogP contribution in [0.5, 0.6) is 0 Å². The van der Waals surface area contributed by atoms with Gasteiger partial charge in [-0.3, -0.25) is 15.1 Å². The van der Waals surface area contributed by atoms with Crippen molar-refractivity contribution in [3.05, 3.63) is 75.3 Å². The van der Waals surface area contributed by atoms with Crippen molar-refractivity contribution in [1.82, 2.24) is 5.01 Å². The molecule has 2 unspecified atom stereocenters. The van der Waals surface area contributed by atoms with E-state index in [1.165, 1.54) is 12.1 Å². The smallest absolute Gasteiger partial charge is 0.269 e. The monoisotopic (exact) mass is 429 g/mol. The lowest BCUT2D eigenvalue weighted by Crippen LogP contribution is -2.41. The molecular formula is C21H23N3O5S. The van der Waals surface area contributed by atoms with E-state index in [0.29, 0.717) is 18.5 Å². The zero-order valence-electron chi connectivity index (χ0n) is 16.5. The predicted octanol–water partition coefficient (Wildman–Crippen LogP) is 2.91. The molecule has 0 fully saturated rings. The summed E-state index contributed by atoms with van der Waals surface area (Å²) in [5, 5.41) is 17.3. The molecule has 0 aromatic heterocycles. The fourth-order valence-corrected chi connectivity index (χ4v) is 4.10. The van der Waals surface area contributed by atoms with Crippen molar-refractivity contribution in [1.29, 1.82) is 0 Å². The normalized spacial score (nSPS) is 18.9. The van der Waals surface area contributed by atoms with Gasteiger partial charge in [-0.05, 0) is 29.5 Å². The Bertz CT molecular complexity index is 1010. The molecule has 0 bridgehead atoms. The lowest BCUT2D eigenvalue weighted by molar-refractivity contribution is -0.384. The Morgan fingerprint density at radius 1 is 1.13 bits per heavy atom. The Kier molecular flexibility index (Phi) is 6.94. The van der Waals surface area contributed by atoms with Crippen LogP contribution >= 0.6 is 0 Å². The van der Waals surface area contributed by atoms with Crippen molar-refractivity contribution in [2.24, 2.45) is 11.0 Å². The van der Waals surface area contributed by atoms with Crippen LogP contribution in [0.15, 0.2) is 53.6 Å². The summed E-state index contributed by atoms with van der Waals surface area (Å²) >= 11 is 0.